The molecule has 1 atom stereocenters. The van der Waals surface area contributed by atoms with Gasteiger partial charge in [-0.25, -0.2) is 4.98 Å². The van der Waals surface area contributed by atoms with Crippen molar-refractivity contribution in [1.29, 1.82) is 0 Å². The van der Waals surface area contributed by atoms with Gasteiger partial charge in [0.15, 0.2) is 0 Å². The third kappa shape index (κ3) is 3.60. The van der Waals surface area contributed by atoms with E-state index in [1.54, 1.807) is 18.3 Å². The van der Waals surface area contributed by atoms with Crippen molar-refractivity contribution in [3.05, 3.63) is 16.6 Å². The molecule has 1 aromatic heterocycles. The molecule has 0 bridgehead atoms. The fourth-order valence-electron chi connectivity index (χ4n) is 2.94. The summed E-state index contributed by atoms with van der Waals surface area (Å²) in [5, 5.41) is 3.11. The third-order valence-corrected chi connectivity index (χ3v) is 4.73. The van der Waals surface area contributed by atoms with Crippen molar-refractivity contribution in [2.75, 3.05) is 46.0 Å². The van der Waals surface area contributed by atoms with Crippen LogP contribution in [0.1, 0.15) is 11.9 Å². The highest BCUT2D eigenvalue weighted by Gasteiger charge is 2.40. The molecule has 0 aliphatic carbocycles. The number of ether oxygens (including phenoxy) is 2. The van der Waals surface area contributed by atoms with Crippen LogP contribution in [0.4, 0.5) is 0 Å². The summed E-state index contributed by atoms with van der Waals surface area (Å²) in [4.78, 5) is 20.2. The number of carbonyl (C=O) groups excluding carboxylic acids is 1. The van der Waals surface area contributed by atoms with Crippen molar-refractivity contribution in [1.82, 2.24) is 14.8 Å². The maximum Gasteiger partial charge on any atom is 0.219 e. The van der Waals surface area contributed by atoms with Crippen molar-refractivity contribution in [2.45, 2.75) is 19.1 Å². The van der Waals surface area contributed by atoms with Crippen LogP contribution in [0.15, 0.2) is 11.6 Å². The fraction of sp³-hybridized carbons (Fsp3) is 0.714. The first kappa shape index (κ1) is 14.9. The van der Waals surface area contributed by atoms with Crippen LogP contribution < -0.4 is 0 Å². The van der Waals surface area contributed by atoms with Crippen molar-refractivity contribution >= 4 is 17.2 Å². The summed E-state index contributed by atoms with van der Waals surface area (Å²) in [6, 6.07) is 0. The van der Waals surface area contributed by atoms with E-state index in [0.717, 1.165) is 24.6 Å². The smallest absolute Gasteiger partial charge is 0.219 e. The molecule has 0 aromatic carbocycles. The topological polar surface area (TPSA) is 54.9 Å². The average molecular weight is 311 g/mol. The molecule has 0 N–H and O–H groups in total. The molecule has 6 nitrogen and oxygen atoms in total. The van der Waals surface area contributed by atoms with E-state index in [2.05, 4.69) is 9.88 Å². The van der Waals surface area contributed by atoms with E-state index in [0.29, 0.717) is 32.9 Å². The Hall–Kier alpha value is -1.02. The second-order valence-corrected chi connectivity index (χ2v) is 6.64. The number of rotatable bonds is 2. The van der Waals surface area contributed by atoms with Gasteiger partial charge in [0.1, 0.15) is 10.6 Å². The van der Waals surface area contributed by atoms with Crippen molar-refractivity contribution in [3.63, 3.8) is 0 Å². The largest absolute Gasteiger partial charge is 0.376 e. The Balaban J connectivity index is 1.69. The molecule has 2 saturated heterocycles. The summed E-state index contributed by atoms with van der Waals surface area (Å²) in [6.07, 6.45) is 1.84. The van der Waals surface area contributed by atoms with Gasteiger partial charge in [-0.15, -0.1) is 11.3 Å². The molecule has 116 valence electrons. The Morgan fingerprint density at radius 3 is 3.10 bits per heavy atom. The second kappa shape index (κ2) is 6.39. The first-order valence-corrected chi connectivity index (χ1v) is 8.13. The van der Waals surface area contributed by atoms with E-state index in [1.165, 1.54) is 0 Å². The Morgan fingerprint density at radius 1 is 1.43 bits per heavy atom. The highest BCUT2D eigenvalue weighted by molar-refractivity contribution is 7.09. The normalized spacial score (nSPS) is 27.8. The van der Waals surface area contributed by atoms with Crippen LogP contribution in [0.25, 0.3) is 0 Å². The molecule has 2 aliphatic rings. The Bertz CT molecular complexity index is 482. The van der Waals surface area contributed by atoms with Gasteiger partial charge in [0, 0.05) is 38.1 Å². The molecule has 3 rings (SSSR count). The van der Waals surface area contributed by atoms with Crippen LogP contribution in [-0.2, 0) is 20.8 Å². The zero-order chi connectivity index (χ0) is 14.7. The van der Waals surface area contributed by atoms with Crippen LogP contribution in [0.2, 0.25) is 0 Å². The van der Waals surface area contributed by atoms with Crippen LogP contribution in [0.3, 0.4) is 0 Å². The van der Waals surface area contributed by atoms with Gasteiger partial charge in [-0.3, -0.25) is 9.69 Å². The molecule has 1 amide bonds. The molecule has 1 aromatic rings. The van der Waals surface area contributed by atoms with E-state index in [4.69, 9.17) is 9.47 Å². The lowest BCUT2D eigenvalue weighted by atomic mass is 10.0. The number of morpholine rings is 1. The zero-order valence-electron chi connectivity index (χ0n) is 12.3. The van der Waals surface area contributed by atoms with Crippen LogP contribution in [-0.4, -0.2) is 72.3 Å². The first-order valence-electron chi connectivity index (χ1n) is 7.25. The van der Waals surface area contributed by atoms with E-state index < -0.39 is 5.60 Å². The van der Waals surface area contributed by atoms with Gasteiger partial charge in [0.2, 0.25) is 5.91 Å². The molecule has 0 saturated carbocycles. The molecule has 21 heavy (non-hydrogen) atoms. The number of aromatic nitrogens is 1. The lowest BCUT2D eigenvalue weighted by molar-refractivity contribution is -0.151. The predicted octanol–water partition coefficient (Wildman–Crippen LogP) is 0.593. The maximum absolute atomic E-state index is 11.7. The van der Waals surface area contributed by atoms with E-state index in [9.17, 15) is 4.79 Å². The Labute approximate surface area is 128 Å². The fourth-order valence-corrected chi connectivity index (χ4v) is 3.60. The van der Waals surface area contributed by atoms with E-state index in [-0.39, 0.29) is 5.91 Å². The minimum Gasteiger partial charge on any atom is -0.376 e. The number of nitrogens with zero attached hydrogens (tertiary/aromatic N) is 3. The van der Waals surface area contributed by atoms with E-state index >= 15 is 0 Å². The minimum absolute atomic E-state index is 0.0838. The van der Waals surface area contributed by atoms with Gasteiger partial charge in [-0.2, -0.15) is 0 Å². The molecule has 1 spiro atoms. The molecule has 1 unspecified atom stereocenters. The SMILES string of the molecule is CC(=O)N1CCOCC2(CN(Cc3nccs3)CCO2)C1. The molecular formula is C14H21N3O3S. The molecule has 0 radical (unpaired) electrons. The Kier molecular flexibility index (Phi) is 4.54. The molecule has 2 fully saturated rings. The predicted molar refractivity (Wildman–Crippen MR) is 79.1 cm³/mol. The quantitative estimate of drug-likeness (QED) is 0.800. The Morgan fingerprint density at radius 2 is 2.33 bits per heavy atom. The van der Waals surface area contributed by atoms with Gasteiger partial charge < -0.3 is 14.4 Å². The zero-order valence-corrected chi connectivity index (χ0v) is 13.1. The number of thiazole rings is 1. The number of amides is 1. The van der Waals surface area contributed by atoms with Gasteiger partial charge in [0.05, 0.1) is 32.9 Å². The van der Waals surface area contributed by atoms with Crippen LogP contribution in [0, 0.1) is 0 Å². The highest BCUT2D eigenvalue weighted by Crippen LogP contribution is 2.24. The van der Waals surface area contributed by atoms with Crippen LogP contribution >= 0.6 is 11.3 Å². The third-order valence-electron chi connectivity index (χ3n) is 3.96. The minimum atomic E-state index is -0.405. The van der Waals surface area contributed by atoms with Gasteiger partial charge in [-0.1, -0.05) is 0 Å². The summed E-state index contributed by atoms with van der Waals surface area (Å²) < 4.78 is 11.7. The van der Waals surface area contributed by atoms with Gasteiger partial charge in [-0.05, 0) is 0 Å². The van der Waals surface area contributed by atoms with Crippen molar-refractivity contribution in [3.8, 4) is 0 Å². The van der Waals surface area contributed by atoms with E-state index in [1.807, 2.05) is 16.5 Å². The molecule has 3 heterocycles. The highest BCUT2D eigenvalue weighted by atomic mass is 32.1. The summed E-state index contributed by atoms with van der Waals surface area (Å²) in [6.45, 7) is 7.15. The number of hydrogen-bond acceptors (Lipinski definition) is 6. The van der Waals surface area contributed by atoms with Crippen molar-refractivity contribution < 1.29 is 14.3 Å². The number of hydrogen-bond donors (Lipinski definition) is 0. The first-order chi connectivity index (χ1) is 10.2. The molecular weight excluding hydrogens is 290 g/mol. The van der Waals surface area contributed by atoms with Gasteiger partial charge in [0.25, 0.3) is 0 Å². The summed E-state index contributed by atoms with van der Waals surface area (Å²) >= 11 is 1.67. The average Bonchev–Trinajstić information content (AvgIpc) is 2.87. The number of carbonyl (C=O) groups is 1. The van der Waals surface area contributed by atoms with Crippen LogP contribution in [0.5, 0.6) is 0 Å². The standard InChI is InChI=1S/C14H21N3O3S/c1-12(18)17-4-5-19-11-14(10-17)9-16(3-6-20-14)8-13-15-2-7-21-13/h2,7H,3-6,8-11H2,1H3. The lowest BCUT2D eigenvalue weighted by Crippen LogP contribution is -2.58. The molecule has 7 heteroatoms. The maximum atomic E-state index is 11.7. The van der Waals surface area contributed by atoms with Gasteiger partial charge >= 0.3 is 0 Å². The summed E-state index contributed by atoms with van der Waals surface area (Å²) in [5.41, 5.74) is -0.405. The lowest BCUT2D eigenvalue weighted by Gasteiger charge is -2.43. The molecule has 2 aliphatic heterocycles. The summed E-state index contributed by atoms with van der Waals surface area (Å²) in [5.74, 6) is 0.0838. The monoisotopic (exact) mass is 311 g/mol. The van der Waals surface area contributed by atoms with Crippen molar-refractivity contribution in [2.24, 2.45) is 0 Å². The second-order valence-electron chi connectivity index (χ2n) is 5.66. The summed E-state index contributed by atoms with van der Waals surface area (Å²) in [7, 11) is 0.